The normalized spacial score (nSPS) is 11.5. The van der Waals surface area contributed by atoms with Crippen molar-refractivity contribution in [2.45, 2.75) is 0 Å². The molecule has 0 unspecified atom stereocenters. The van der Waals surface area contributed by atoms with Gasteiger partial charge in [-0.3, -0.25) is 9.55 Å². The minimum Gasteiger partial charge on any atom is -0.291 e. The first-order valence-electron chi connectivity index (χ1n) is 16.9. The van der Waals surface area contributed by atoms with Crippen LogP contribution in [0.15, 0.2) is 170 Å². The molecule has 9 aromatic rings. The second kappa shape index (κ2) is 11.8. The molecule has 0 saturated heterocycles. The fraction of sp³-hybridized carbons (Fsp3) is 0. The summed E-state index contributed by atoms with van der Waals surface area (Å²) in [6, 6.07) is 56.1. The Kier molecular flexibility index (Phi) is 6.70. The number of benzene rings is 6. The van der Waals surface area contributed by atoms with E-state index in [-0.39, 0.29) is 0 Å². The van der Waals surface area contributed by atoms with Gasteiger partial charge in [0.25, 0.3) is 0 Å². The van der Waals surface area contributed by atoms with Crippen LogP contribution in [-0.2, 0) is 0 Å². The topological polar surface area (TPSA) is 69.4 Å². The van der Waals surface area contributed by atoms with Crippen molar-refractivity contribution in [1.29, 1.82) is 0 Å². The maximum atomic E-state index is 5.26. The van der Waals surface area contributed by atoms with E-state index in [0.717, 1.165) is 78.3 Å². The van der Waals surface area contributed by atoms with Crippen molar-refractivity contribution < 1.29 is 0 Å². The van der Waals surface area contributed by atoms with Crippen LogP contribution in [0.2, 0.25) is 0 Å². The van der Waals surface area contributed by atoms with Crippen molar-refractivity contribution in [2.24, 2.45) is 0 Å². The molecule has 238 valence electrons. The molecule has 0 fully saturated rings. The number of imidazole rings is 1. The zero-order chi connectivity index (χ0) is 33.7. The Morgan fingerprint density at radius 1 is 0.373 bits per heavy atom. The summed E-state index contributed by atoms with van der Waals surface area (Å²) in [7, 11) is 0. The van der Waals surface area contributed by atoms with Gasteiger partial charge in [0.1, 0.15) is 5.82 Å². The van der Waals surface area contributed by atoms with Crippen molar-refractivity contribution in [3.8, 4) is 84.7 Å². The summed E-state index contributed by atoms with van der Waals surface area (Å²) in [5, 5.41) is 0. The van der Waals surface area contributed by atoms with E-state index in [1.54, 1.807) is 0 Å². The van der Waals surface area contributed by atoms with Crippen LogP contribution < -0.4 is 0 Å². The molecule has 0 aliphatic carbocycles. The molecule has 0 radical (unpaired) electrons. The maximum Gasteiger partial charge on any atom is 0.164 e. The van der Waals surface area contributed by atoms with Crippen LogP contribution in [0, 0.1) is 0 Å². The molecule has 4 heterocycles. The fourth-order valence-corrected chi connectivity index (χ4v) is 7.09. The number of rotatable bonds is 5. The molecule has 51 heavy (non-hydrogen) atoms. The summed E-state index contributed by atoms with van der Waals surface area (Å²) in [5.41, 5.74) is 13.3. The van der Waals surface area contributed by atoms with E-state index >= 15 is 0 Å². The predicted octanol–water partition coefficient (Wildman–Crippen LogP) is 10.6. The third-order valence-electron chi connectivity index (χ3n) is 9.45. The molecule has 0 amide bonds. The molecule has 6 heteroatoms. The zero-order valence-corrected chi connectivity index (χ0v) is 27.3. The van der Waals surface area contributed by atoms with Crippen LogP contribution in [0.25, 0.3) is 95.8 Å². The Morgan fingerprint density at radius 2 is 0.902 bits per heavy atom. The lowest BCUT2D eigenvalue weighted by Crippen LogP contribution is -2.00. The van der Waals surface area contributed by atoms with Crippen molar-refractivity contribution in [3.63, 3.8) is 0 Å². The van der Waals surface area contributed by atoms with Gasteiger partial charge in [-0.25, -0.2) is 19.9 Å². The smallest absolute Gasteiger partial charge is 0.164 e. The molecule has 0 bridgehead atoms. The van der Waals surface area contributed by atoms with Crippen LogP contribution in [0.3, 0.4) is 0 Å². The lowest BCUT2D eigenvalue weighted by atomic mass is 9.99. The molecule has 6 nitrogen and oxygen atoms in total. The van der Waals surface area contributed by atoms with Crippen LogP contribution in [0.5, 0.6) is 0 Å². The first-order valence-corrected chi connectivity index (χ1v) is 16.9. The van der Waals surface area contributed by atoms with Gasteiger partial charge in [-0.2, -0.15) is 0 Å². The summed E-state index contributed by atoms with van der Waals surface area (Å²) in [6.45, 7) is 0. The third-order valence-corrected chi connectivity index (χ3v) is 9.45. The summed E-state index contributed by atoms with van der Waals surface area (Å²) in [5.74, 6) is 2.78. The Hall–Kier alpha value is -7.05. The number of pyridine rings is 1. The second-order valence-corrected chi connectivity index (χ2v) is 12.6. The van der Waals surface area contributed by atoms with Gasteiger partial charge < -0.3 is 0 Å². The lowest BCUT2D eigenvalue weighted by molar-refractivity contribution is 1.07. The maximum absolute atomic E-state index is 5.26. The molecule has 1 aliphatic rings. The number of hydrogen-bond donors (Lipinski definition) is 0. The quantitative estimate of drug-likeness (QED) is 0.185. The predicted molar refractivity (Wildman–Crippen MR) is 204 cm³/mol. The standard InChI is InChI=1S/C45H28N6/c1-3-13-29(14-4-1)42-48-43(30-15-5-2-6-16-30)50-44(49-42)33-19-9-17-31(27-33)32-18-10-20-34(28-32)45-47-38-24-11-22-36-35-23-12-26-46-40(35)37-21-7-8-25-39(37)51(45)41(36)38/h1-28H. The largest absolute Gasteiger partial charge is 0.291 e. The number of fused-ring (bicyclic) bond motifs is 5. The minimum atomic E-state index is 0.623. The van der Waals surface area contributed by atoms with E-state index in [2.05, 4.69) is 102 Å². The fourth-order valence-electron chi connectivity index (χ4n) is 7.09. The van der Waals surface area contributed by atoms with E-state index < -0.39 is 0 Å². The lowest BCUT2D eigenvalue weighted by Gasteiger charge is -2.13. The van der Waals surface area contributed by atoms with Gasteiger partial charge in [0.2, 0.25) is 0 Å². The third kappa shape index (κ3) is 4.92. The van der Waals surface area contributed by atoms with Gasteiger partial charge in [0.05, 0.1) is 22.4 Å². The van der Waals surface area contributed by atoms with Gasteiger partial charge >= 0.3 is 0 Å². The van der Waals surface area contributed by atoms with Crippen molar-refractivity contribution in [3.05, 3.63) is 170 Å². The van der Waals surface area contributed by atoms with E-state index in [0.29, 0.717) is 17.5 Å². The Bertz CT molecular complexity index is 2690. The average Bonchev–Trinajstić information content (AvgIpc) is 3.56. The van der Waals surface area contributed by atoms with E-state index in [9.17, 15) is 0 Å². The van der Waals surface area contributed by atoms with Gasteiger partial charge in [-0.15, -0.1) is 0 Å². The highest BCUT2D eigenvalue weighted by Crippen LogP contribution is 2.44. The molecule has 6 aromatic carbocycles. The second-order valence-electron chi connectivity index (χ2n) is 12.6. The monoisotopic (exact) mass is 652 g/mol. The van der Waals surface area contributed by atoms with E-state index in [1.165, 1.54) is 0 Å². The highest BCUT2D eigenvalue weighted by atomic mass is 15.1. The molecule has 0 atom stereocenters. The van der Waals surface area contributed by atoms with Gasteiger partial charge in [-0.1, -0.05) is 133 Å². The molecule has 3 aromatic heterocycles. The summed E-state index contributed by atoms with van der Waals surface area (Å²) >= 11 is 0. The molecular weight excluding hydrogens is 625 g/mol. The Morgan fingerprint density at radius 3 is 1.63 bits per heavy atom. The number of aromatic nitrogens is 6. The first-order chi connectivity index (χ1) is 25.3. The number of para-hydroxylation sites is 2. The molecule has 0 N–H and O–H groups in total. The molecule has 10 rings (SSSR count). The van der Waals surface area contributed by atoms with Crippen LogP contribution >= 0.6 is 0 Å². The van der Waals surface area contributed by atoms with Gasteiger partial charge in [0.15, 0.2) is 17.5 Å². The Labute approximate surface area is 294 Å². The number of nitrogens with zero attached hydrogens (tertiary/aromatic N) is 6. The van der Waals surface area contributed by atoms with E-state index in [1.807, 2.05) is 72.9 Å². The summed E-state index contributed by atoms with van der Waals surface area (Å²) in [6.07, 6.45) is 1.87. The molecular formula is C45H28N6. The van der Waals surface area contributed by atoms with E-state index in [4.69, 9.17) is 24.9 Å². The SMILES string of the molecule is c1ccc(-c2nc(-c3ccccc3)nc(-c3cccc(-c4cccc(-c5nc6cccc7c6n5-c5ccccc5-c5ncccc5-7)c4)c3)n2)cc1. The molecule has 0 saturated carbocycles. The number of hydrogen-bond acceptors (Lipinski definition) is 5. The van der Waals surface area contributed by atoms with Crippen LogP contribution in [0.4, 0.5) is 0 Å². The van der Waals surface area contributed by atoms with Crippen molar-refractivity contribution in [1.82, 2.24) is 29.5 Å². The molecule has 1 aliphatic heterocycles. The summed E-state index contributed by atoms with van der Waals surface area (Å²) < 4.78 is 2.30. The van der Waals surface area contributed by atoms with Crippen molar-refractivity contribution in [2.75, 3.05) is 0 Å². The van der Waals surface area contributed by atoms with Crippen molar-refractivity contribution >= 4 is 11.0 Å². The Balaban J connectivity index is 1.11. The average molecular weight is 653 g/mol. The highest BCUT2D eigenvalue weighted by Gasteiger charge is 2.26. The molecule has 0 spiro atoms. The van der Waals surface area contributed by atoms with Gasteiger partial charge in [0, 0.05) is 45.1 Å². The minimum absolute atomic E-state index is 0.623. The summed E-state index contributed by atoms with van der Waals surface area (Å²) in [4.78, 5) is 24.9. The zero-order valence-electron chi connectivity index (χ0n) is 27.3. The van der Waals surface area contributed by atoms with Crippen LogP contribution in [0.1, 0.15) is 0 Å². The highest BCUT2D eigenvalue weighted by molar-refractivity contribution is 6.03. The van der Waals surface area contributed by atoms with Gasteiger partial charge in [-0.05, 0) is 41.5 Å². The first kappa shape index (κ1) is 28.9. The van der Waals surface area contributed by atoms with Crippen LogP contribution in [-0.4, -0.2) is 29.5 Å².